The summed E-state index contributed by atoms with van der Waals surface area (Å²) in [5.41, 5.74) is 5.80. The molecule has 7 nitrogen and oxygen atoms in total. The highest BCUT2D eigenvalue weighted by Crippen LogP contribution is 2.16. The summed E-state index contributed by atoms with van der Waals surface area (Å²) in [6.45, 7) is 4.51. The number of amides is 1. The normalized spacial score (nSPS) is 11.1. The molecule has 0 aliphatic carbocycles. The molecule has 1 amide bonds. The Kier molecular flexibility index (Phi) is 7.25. The van der Waals surface area contributed by atoms with E-state index in [1.165, 1.54) is 0 Å². The zero-order valence-electron chi connectivity index (χ0n) is 13.4. The molecule has 0 saturated carbocycles. The van der Waals surface area contributed by atoms with E-state index in [9.17, 15) is 4.79 Å². The predicted octanol–water partition coefficient (Wildman–Crippen LogP) is 2.32. The third-order valence-electron chi connectivity index (χ3n) is 3.82. The Labute approximate surface area is 141 Å². The molecule has 0 saturated heterocycles. The van der Waals surface area contributed by atoms with E-state index in [4.69, 9.17) is 14.7 Å². The molecule has 2 rings (SSSR count). The van der Waals surface area contributed by atoms with Gasteiger partial charge in [0.2, 0.25) is 17.6 Å². The smallest absolute Gasteiger partial charge is 0.238 e. The van der Waals surface area contributed by atoms with Crippen molar-refractivity contribution in [3.8, 4) is 11.6 Å². The van der Waals surface area contributed by atoms with Crippen molar-refractivity contribution in [1.82, 2.24) is 15.5 Å². The topological polar surface area (TPSA) is 107 Å². The fourth-order valence-electron chi connectivity index (χ4n) is 1.95. The van der Waals surface area contributed by atoms with Crippen molar-refractivity contribution in [3.63, 3.8) is 0 Å². The standard InChI is InChI=1S/C15H22N4O3.ClH/c1-3-15(16,4-2)10-17-12(20)7-8-13-18-14(19-22-13)11-6-5-9-21-11;/h5-6,9H,3-4,7-8,10,16H2,1-2H3,(H,17,20);1H. The number of halogens is 1. The SMILES string of the molecule is CCC(N)(CC)CNC(=O)CCc1nc(-c2ccco2)no1.Cl. The van der Waals surface area contributed by atoms with Gasteiger partial charge in [-0.1, -0.05) is 19.0 Å². The summed E-state index contributed by atoms with van der Waals surface area (Å²) in [6.07, 6.45) is 3.85. The summed E-state index contributed by atoms with van der Waals surface area (Å²) >= 11 is 0. The van der Waals surface area contributed by atoms with Crippen LogP contribution in [0.25, 0.3) is 11.6 Å². The van der Waals surface area contributed by atoms with Gasteiger partial charge in [0.05, 0.1) is 6.26 Å². The zero-order chi connectivity index (χ0) is 16.0. The van der Waals surface area contributed by atoms with Crippen LogP contribution in [-0.2, 0) is 11.2 Å². The Morgan fingerprint density at radius 2 is 2.13 bits per heavy atom. The first-order chi connectivity index (χ1) is 10.6. The molecule has 23 heavy (non-hydrogen) atoms. The van der Waals surface area contributed by atoms with E-state index in [0.717, 1.165) is 12.8 Å². The van der Waals surface area contributed by atoms with Gasteiger partial charge in [-0.25, -0.2) is 0 Å². The Balaban J connectivity index is 0.00000264. The number of carbonyl (C=O) groups excluding carboxylic acids is 1. The van der Waals surface area contributed by atoms with Crippen molar-refractivity contribution in [3.05, 3.63) is 24.3 Å². The van der Waals surface area contributed by atoms with Gasteiger partial charge >= 0.3 is 0 Å². The van der Waals surface area contributed by atoms with Crippen LogP contribution >= 0.6 is 12.4 Å². The largest absolute Gasteiger partial charge is 0.461 e. The minimum absolute atomic E-state index is 0. The second kappa shape index (κ2) is 8.69. The number of aromatic nitrogens is 2. The number of nitrogens with two attached hydrogens (primary N) is 1. The molecule has 2 aromatic heterocycles. The second-order valence-electron chi connectivity index (χ2n) is 5.34. The third-order valence-corrected chi connectivity index (χ3v) is 3.82. The van der Waals surface area contributed by atoms with Crippen molar-refractivity contribution < 1.29 is 13.7 Å². The van der Waals surface area contributed by atoms with Crippen LogP contribution < -0.4 is 11.1 Å². The summed E-state index contributed by atoms with van der Waals surface area (Å²) in [5, 5.41) is 6.67. The molecule has 0 spiro atoms. The van der Waals surface area contributed by atoms with E-state index < -0.39 is 0 Å². The molecular weight excluding hydrogens is 320 g/mol. The summed E-state index contributed by atoms with van der Waals surface area (Å²) in [4.78, 5) is 16.0. The lowest BCUT2D eigenvalue weighted by atomic mass is 9.94. The number of aryl methyl sites for hydroxylation is 1. The molecule has 0 radical (unpaired) electrons. The van der Waals surface area contributed by atoms with E-state index in [1.54, 1.807) is 18.4 Å². The molecule has 2 heterocycles. The minimum atomic E-state index is -0.341. The molecule has 8 heteroatoms. The monoisotopic (exact) mass is 342 g/mol. The Morgan fingerprint density at radius 1 is 1.39 bits per heavy atom. The summed E-state index contributed by atoms with van der Waals surface area (Å²) < 4.78 is 10.3. The first kappa shape index (κ1) is 19.2. The van der Waals surface area contributed by atoms with Crippen LogP contribution in [0.15, 0.2) is 27.3 Å². The number of hydrogen-bond donors (Lipinski definition) is 2. The fraction of sp³-hybridized carbons (Fsp3) is 0.533. The number of carbonyl (C=O) groups is 1. The lowest BCUT2D eigenvalue weighted by Gasteiger charge is -2.26. The van der Waals surface area contributed by atoms with Gasteiger partial charge < -0.3 is 20.0 Å². The molecule has 3 N–H and O–H groups in total. The summed E-state index contributed by atoms with van der Waals surface area (Å²) in [7, 11) is 0. The molecular formula is C15H23ClN4O3. The molecule has 0 unspecified atom stereocenters. The highest BCUT2D eigenvalue weighted by Gasteiger charge is 2.21. The Bertz CT molecular complexity index is 594. The van der Waals surface area contributed by atoms with Crippen molar-refractivity contribution >= 4 is 18.3 Å². The van der Waals surface area contributed by atoms with Crippen molar-refractivity contribution in [2.24, 2.45) is 5.73 Å². The van der Waals surface area contributed by atoms with E-state index >= 15 is 0 Å². The molecule has 128 valence electrons. The van der Waals surface area contributed by atoms with Crippen LogP contribution in [0.1, 0.15) is 39.0 Å². The fourth-order valence-corrected chi connectivity index (χ4v) is 1.95. The van der Waals surface area contributed by atoms with Gasteiger partial charge in [-0.3, -0.25) is 4.79 Å². The maximum absolute atomic E-state index is 11.9. The van der Waals surface area contributed by atoms with Crippen LogP contribution in [0.5, 0.6) is 0 Å². The summed E-state index contributed by atoms with van der Waals surface area (Å²) in [5.74, 6) is 1.26. The van der Waals surface area contributed by atoms with Gasteiger partial charge in [-0.05, 0) is 25.0 Å². The molecule has 0 aromatic carbocycles. The van der Waals surface area contributed by atoms with E-state index in [1.807, 2.05) is 13.8 Å². The average molecular weight is 343 g/mol. The highest BCUT2D eigenvalue weighted by atomic mass is 35.5. The van der Waals surface area contributed by atoms with Crippen LogP contribution in [0.3, 0.4) is 0 Å². The molecule has 0 aliphatic heterocycles. The van der Waals surface area contributed by atoms with Gasteiger partial charge in [0.25, 0.3) is 0 Å². The average Bonchev–Trinajstić information content (AvgIpc) is 3.21. The molecule has 0 fully saturated rings. The van der Waals surface area contributed by atoms with Gasteiger partial charge in [0.1, 0.15) is 0 Å². The van der Waals surface area contributed by atoms with Crippen LogP contribution in [0.4, 0.5) is 0 Å². The summed E-state index contributed by atoms with van der Waals surface area (Å²) in [6, 6.07) is 3.50. The lowest BCUT2D eigenvalue weighted by Crippen LogP contribution is -2.49. The third kappa shape index (κ3) is 5.37. The number of nitrogens with zero attached hydrogens (tertiary/aromatic N) is 2. The highest BCUT2D eigenvalue weighted by molar-refractivity contribution is 5.85. The molecule has 0 bridgehead atoms. The number of rotatable bonds is 8. The second-order valence-corrected chi connectivity index (χ2v) is 5.34. The van der Waals surface area contributed by atoms with Crippen LogP contribution in [0, 0.1) is 0 Å². The van der Waals surface area contributed by atoms with E-state index in [2.05, 4.69) is 15.5 Å². The van der Waals surface area contributed by atoms with Crippen LogP contribution in [0.2, 0.25) is 0 Å². The van der Waals surface area contributed by atoms with Crippen molar-refractivity contribution in [2.45, 2.75) is 45.1 Å². The van der Waals surface area contributed by atoms with Gasteiger partial charge in [-0.15, -0.1) is 12.4 Å². The molecule has 0 atom stereocenters. The van der Waals surface area contributed by atoms with Gasteiger partial charge in [-0.2, -0.15) is 4.98 Å². The predicted molar refractivity (Wildman–Crippen MR) is 88.1 cm³/mol. The quantitative estimate of drug-likeness (QED) is 0.762. The van der Waals surface area contributed by atoms with Crippen molar-refractivity contribution in [1.29, 1.82) is 0 Å². The first-order valence-corrected chi connectivity index (χ1v) is 7.48. The number of hydrogen-bond acceptors (Lipinski definition) is 6. The van der Waals surface area contributed by atoms with Crippen molar-refractivity contribution in [2.75, 3.05) is 6.54 Å². The minimum Gasteiger partial charge on any atom is -0.461 e. The maximum atomic E-state index is 11.9. The van der Waals surface area contributed by atoms with E-state index in [0.29, 0.717) is 30.4 Å². The lowest BCUT2D eigenvalue weighted by molar-refractivity contribution is -0.121. The number of nitrogens with one attached hydrogen (secondary N) is 1. The zero-order valence-corrected chi connectivity index (χ0v) is 14.2. The van der Waals surface area contributed by atoms with Gasteiger partial charge in [0.15, 0.2) is 5.76 Å². The molecule has 2 aromatic rings. The van der Waals surface area contributed by atoms with Gasteiger partial charge in [0, 0.05) is 24.9 Å². The number of furan rings is 1. The van der Waals surface area contributed by atoms with Crippen LogP contribution in [-0.4, -0.2) is 28.1 Å². The first-order valence-electron chi connectivity index (χ1n) is 7.48. The van der Waals surface area contributed by atoms with E-state index in [-0.39, 0.29) is 30.3 Å². The Hall–Kier alpha value is -1.86. The molecule has 0 aliphatic rings. The maximum Gasteiger partial charge on any atom is 0.238 e. The Morgan fingerprint density at radius 3 is 2.74 bits per heavy atom.